The van der Waals surface area contributed by atoms with Crippen LogP contribution in [0, 0.1) is 0 Å². The molecule has 0 aliphatic rings. The minimum absolute atomic E-state index is 0.200. The Morgan fingerprint density at radius 2 is 2.20 bits per heavy atom. The molecule has 0 fully saturated rings. The Balaban J connectivity index is 1.66. The molecule has 0 spiro atoms. The molecule has 1 amide bonds. The van der Waals surface area contributed by atoms with Crippen molar-refractivity contribution in [2.24, 2.45) is 0 Å². The van der Waals surface area contributed by atoms with Gasteiger partial charge in [-0.05, 0) is 42.1 Å². The predicted molar refractivity (Wildman–Crippen MR) is 81.6 cm³/mol. The number of hydrogen-bond acceptors (Lipinski definition) is 3. The number of nitrogens with one attached hydrogen (secondary N) is 1. The molecule has 102 valence electrons. The van der Waals surface area contributed by atoms with Crippen LogP contribution >= 0.6 is 22.9 Å². The van der Waals surface area contributed by atoms with Crippen molar-refractivity contribution in [2.75, 3.05) is 6.54 Å². The maximum absolute atomic E-state index is 12.0. The van der Waals surface area contributed by atoms with Crippen molar-refractivity contribution in [3.05, 3.63) is 57.4 Å². The molecule has 0 atom stereocenters. The summed E-state index contributed by atoms with van der Waals surface area (Å²) >= 11 is 7.59. The molecule has 1 aromatic carbocycles. The molecule has 0 aliphatic heterocycles. The zero-order valence-electron chi connectivity index (χ0n) is 10.6. The second kappa shape index (κ2) is 5.69. The largest absolute Gasteiger partial charge is 0.451 e. The average Bonchev–Trinajstić information content (AvgIpc) is 3.06. The van der Waals surface area contributed by atoms with Crippen molar-refractivity contribution in [3.63, 3.8) is 0 Å². The summed E-state index contributed by atoms with van der Waals surface area (Å²) in [7, 11) is 0. The molecule has 3 rings (SSSR count). The van der Waals surface area contributed by atoms with E-state index in [1.807, 2.05) is 11.4 Å². The summed E-state index contributed by atoms with van der Waals surface area (Å²) < 4.78 is 5.50. The highest BCUT2D eigenvalue weighted by Gasteiger charge is 2.11. The van der Waals surface area contributed by atoms with E-state index in [4.69, 9.17) is 16.0 Å². The first-order chi connectivity index (χ1) is 9.72. The van der Waals surface area contributed by atoms with E-state index >= 15 is 0 Å². The van der Waals surface area contributed by atoms with Gasteiger partial charge >= 0.3 is 0 Å². The molecule has 2 aromatic heterocycles. The van der Waals surface area contributed by atoms with Gasteiger partial charge in [-0.2, -0.15) is 0 Å². The van der Waals surface area contributed by atoms with E-state index in [1.54, 1.807) is 35.6 Å². The first kappa shape index (κ1) is 13.2. The van der Waals surface area contributed by atoms with Crippen molar-refractivity contribution in [1.29, 1.82) is 0 Å². The first-order valence-corrected chi connectivity index (χ1v) is 7.48. The zero-order chi connectivity index (χ0) is 13.9. The van der Waals surface area contributed by atoms with Gasteiger partial charge in [0, 0.05) is 21.8 Å². The van der Waals surface area contributed by atoms with E-state index in [0.717, 1.165) is 11.8 Å². The van der Waals surface area contributed by atoms with Gasteiger partial charge in [-0.3, -0.25) is 4.79 Å². The smallest absolute Gasteiger partial charge is 0.287 e. The van der Waals surface area contributed by atoms with Crippen molar-refractivity contribution in [1.82, 2.24) is 5.32 Å². The summed E-state index contributed by atoms with van der Waals surface area (Å²) in [5.41, 5.74) is 0.665. The van der Waals surface area contributed by atoms with Gasteiger partial charge in [-0.15, -0.1) is 11.3 Å². The number of benzene rings is 1. The minimum Gasteiger partial charge on any atom is -0.451 e. The van der Waals surface area contributed by atoms with Crippen LogP contribution < -0.4 is 5.32 Å². The molecule has 2 heterocycles. The van der Waals surface area contributed by atoms with E-state index in [9.17, 15) is 4.79 Å². The topological polar surface area (TPSA) is 42.2 Å². The molecular weight excluding hydrogens is 294 g/mol. The lowest BCUT2D eigenvalue weighted by atomic mass is 10.2. The predicted octanol–water partition coefficient (Wildman–Crippen LogP) is 4.12. The Morgan fingerprint density at radius 3 is 3.00 bits per heavy atom. The van der Waals surface area contributed by atoms with Gasteiger partial charge in [-0.1, -0.05) is 17.7 Å². The molecule has 0 radical (unpaired) electrons. The summed E-state index contributed by atoms with van der Waals surface area (Å²) in [6.45, 7) is 0.594. The number of rotatable bonds is 4. The lowest BCUT2D eigenvalue weighted by molar-refractivity contribution is 0.0928. The summed E-state index contributed by atoms with van der Waals surface area (Å²) in [6.07, 6.45) is 0.829. The molecule has 0 saturated heterocycles. The molecule has 1 N–H and O–H groups in total. The van der Waals surface area contributed by atoms with E-state index < -0.39 is 0 Å². The standard InChI is InChI=1S/C15H12ClNO2S/c16-11-3-4-13-10(8-11)9-14(19-13)15(18)17-6-5-12-2-1-7-20-12/h1-4,7-9H,5-6H2,(H,17,18). The van der Waals surface area contributed by atoms with Crippen molar-refractivity contribution in [2.45, 2.75) is 6.42 Å². The molecule has 20 heavy (non-hydrogen) atoms. The maximum Gasteiger partial charge on any atom is 0.287 e. The van der Waals surface area contributed by atoms with E-state index in [0.29, 0.717) is 22.9 Å². The third kappa shape index (κ3) is 2.86. The van der Waals surface area contributed by atoms with Crippen LogP contribution in [0.4, 0.5) is 0 Å². The van der Waals surface area contributed by atoms with Gasteiger partial charge in [0.05, 0.1) is 0 Å². The highest BCUT2D eigenvalue weighted by molar-refractivity contribution is 7.09. The maximum atomic E-state index is 12.0. The fourth-order valence-corrected chi connectivity index (χ4v) is 2.86. The van der Waals surface area contributed by atoms with Crippen LogP contribution in [0.5, 0.6) is 0 Å². The highest BCUT2D eigenvalue weighted by Crippen LogP contribution is 2.22. The third-order valence-electron chi connectivity index (χ3n) is 2.94. The second-order valence-corrected chi connectivity index (χ2v) is 5.85. The summed E-state index contributed by atoms with van der Waals surface area (Å²) in [5, 5.41) is 6.34. The Morgan fingerprint density at radius 1 is 1.30 bits per heavy atom. The van der Waals surface area contributed by atoms with E-state index in [2.05, 4.69) is 11.4 Å². The number of carbonyl (C=O) groups excluding carboxylic acids is 1. The van der Waals surface area contributed by atoms with Gasteiger partial charge in [0.15, 0.2) is 5.76 Å². The summed E-state index contributed by atoms with van der Waals surface area (Å²) in [6, 6.07) is 11.1. The summed E-state index contributed by atoms with van der Waals surface area (Å²) in [4.78, 5) is 13.2. The van der Waals surface area contributed by atoms with Gasteiger partial charge in [0.1, 0.15) is 5.58 Å². The average molecular weight is 306 g/mol. The number of thiophene rings is 1. The first-order valence-electron chi connectivity index (χ1n) is 6.22. The Labute approximate surface area is 125 Å². The number of furan rings is 1. The quantitative estimate of drug-likeness (QED) is 0.788. The monoisotopic (exact) mass is 305 g/mol. The minimum atomic E-state index is -0.200. The third-order valence-corrected chi connectivity index (χ3v) is 4.11. The number of fused-ring (bicyclic) bond motifs is 1. The number of halogens is 1. The molecular formula is C15H12ClNO2S. The van der Waals surface area contributed by atoms with Crippen LogP contribution in [-0.2, 0) is 6.42 Å². The number of amides is 1. The van der Waals surface area contributed by atoms with E-state index in [1.165, 1.54) is 4.88 Å². The Kier molecular flexibility index (Phi) is 3.76. The van der Waals surface area contributed by atoms with Crippen molar-refractivity contribution in [3.8, 4) is 0 Å². The molecule has 0 saturated carbocycles. The van der Waals surface area contributed by atoms with Crippen LogP contribution in [0.2, 0.25) is 5.02 Å². The second-order valence-electron chi connectivity index (χ2n) is 4.38. The zero-order valence-corrected chi connectivity index (χ0v) is 12.1. The lowest BCUT2D eigenvalue weighted by Crippen LogP contribution is -2.24. The fourth-order valence-electron chi connectivity index (χ4n) is 1.97. The Bertz CT molecular complexity index is 734. The normalized spacial score (nSPS) is 10.8. The fraction of sp³-hybridized carbons (Fsp3) is 0.133. The van der Waals surface area contributed by atoms with Crippen molar-refractivity contribution < 1.29 is 9.21 Å². The number of carbonyl (C=O) groups is 1. The molecule has 0 unspecified atom stereocenters. The molecule has 0 bridgehead atoms. The lowest BCUT2D eigenvalue weighted by Gasteiger charge is -2.01. The van der Waals surface area contributed by atoms with Gasteiger partial charge in [-0.25, -0.2) is 0 Å². The van der Waals surface area contributed by atoms with Gasteiger partial charge in [0.2, 0.25) is 0 Å². The van der Waals surface area contributed by atoms with Crippen LogP contribution in [0.25, 0.3) is 11.0 Å². The van der Waals surface area contributed by atoms with Crippen molar-refractivity contribution >= 4 is 39.8 Å². The van der Waals surface area contributed by atoms with Crippen LogP contribution in [0.15, 0.2) is 46.2 Å². The van der Waals surface area contributed by atoms with Crippen LogP contribution in [-0.4, -0.2) is 12.5 Å². The SMILES string of the molecule is O=C(NCCc1cccs1)c1cc2cc(Cl)ccc2o1. The van der Waals surface area contributed by atoms with Gasteiger partial charge < -0.3 is 9.73 Å². The number of hydrogen-bond donors (Lipinski definition) is 1. The molecule has 3 nitrogen and oxygen atoms in total. The van der Waals surface area contributed by atoms with E-state index in [-0.39, 0.29) is 5.91 Å². The highest BCUT2D eigenvalue weighted by atomic mass is 35.5. The van der Waals surface area contributed by atoms with Gasteiger partial charge in [0.25, 0.3) is 5.91 Å². The van der Waals surface area contributed by atoms with Crippen LogP contribution in [0.3, 0.4) is 0 Å². The molecule has 3 aromatic rings. The summed E-state index contributed by atoms with van der Waals surface area (Å²) in [5.74, 6) is 0.113. The van der Waals surface area contributed by atoms with Crippen LogP contribution in [0.1, 0.15) is 15.4 Å². The molecule has 0 aliphatic carbocycles. The molecule has 5 heteroatoms. The Hall–Kier alpha value is -1.78.